The van der Waals surface area contributed by atoms with Gasteiger partial charge in [0.05, 0.1) is 11.6 Å². The maximum Gasteiger partial charge on any atom is 0.416 e. The second-order valence-electron chi connectivity index (χ2n) is 4.03. The van der Waals surface area contributed by atoms with Crippen molar-refractivity contribution >= 4 is 0 Å². The van der Waals surface area contributed by atoms with Gasteiger partial charge in [-0.1, -0.05) is 0 Å². The number of rotatable bonds is 3. The molecule has 1 unspecified atom stereocenters. The first-order valence-corrected chi connectivity index (χ1v) is 5.60. The van der Waals surface area contributed by atoms with Crippen molar-refractivity contribution in [2.45, 2.75) is 19.1 Å². The summed E-state index contributed by atoms with van der Waals surface area (Å²) in [7, 11) is 1.74. The maximum absolute atomic E-state index is 12.4. The van der Waals surface area contributed by atoms with E-state index in [1.54, 1.807) is 7.05 Å². The van der Waals surface area contributed by atoms with E-state index in [9.17, 15) is 13.2 Å². The molecule has 0 aliphatic heterocycles. The van der Waals surface area contributed by atoms with Crippen LogP contribution in [-0.4, -0.2) is 17.2 Å². The van der Waals surface area contributed by atoms with Crippen molar-refractivity contribution in [1.29, 1.82) is 0 Å². The minimum atomic E-state index is -4.35. The van der Waals surface area contributed by atoms with E-state index >= 15 is 0 Å². The Morgan fingerprint density at radius 2 is 1.79 bits per heavy atom. The molecule has 1 aromatic heterocycles. The van der Waals surface area contributed by atoms with Crippen LogP contribution in [0, 0.1) is 0 Å². The van der Waals surface area contributed by atoms with Gasteiger partial charge >= 0.3 is 6.18 Å². The first kappa shape index (κ1) is 13.5. The lowest BCUT2D eigenvalue weighted by atomic mass is 10.1. The van der Waals surface area contributed by atoms with Gasteiger partial charge in [0.25, 0.3) is 0 Å². The summed E-state index contributed by atoms with van der Waals surface area (Å²) in [4.78, 5) is 0. The fourth-order valence-corrected chi connectivity index (χ4v) is 1.45. The van der Waals surface area contributed by atoms with Crippen LogP contribution >= 0.6 is 0 Å². The molecular weight excluding hydrogens is 259 g/mol. The molecule has 0 saturated carbocycles. The average molecular weight is 271 g/mol. The fraction of sp³-hybridized carbons (Fsp3) is 0.333. The lowest BCUT2D eigenvalue weighted by Crippen LogP contribution is -2.12. The van der Waals surface area contributed by atoms with Gasteiger partial charge in [0.15, 0.2) is 0 Å². The summed E-state index contributed by atoms with van der Waals surface area (Å²) in [5.74, 6) is 0.586. The van der Waals surface area contributed by atoms with Crippen molar-refractivity contribution in [3.63, 3.8) is 0 Å². The second-order valence-corrected chi connectivity index (χ2v) is 4.03. The summed E-state index contributed by atoms with van der Waals surface area (Å²) in [6.07, 6.45) is -4.35. The van der Waals surface area contributed by atoms with Crippen LogP contribution in [0.15, 0.2) is 28.7 Å². The third-order valence-electron chi connectivity index (χ3n) is 2.70. The highest BCUT2D eigenvalue weighted by Gasteiger charge is 2.30. The zero-order valence-corrected chi connectivity index (χ0v) is 10.3. The van der Waals surface area contributed by atoms with Crippen LogP contribution in [0.25, 0.3) is 11.5 Å². The molecule has 1 aromatic carbocycles. The van der Waals surface area contributed by atoms with Gasteiger partial charge in [-0.05, 0) is 38.2 Å². The smallest absolute Gasteiger partial charge is 0.416 e. The molecule has 7 heteroatoms. The number of hydrogen-bond acceptors (Lipinski definition) is 4. The SMILES string of the molecule is CNC(C)c1nnc(-c2ccc(C(F)(F)F)cc2)o1. The number of halogens is 3. The molecule has 0 fully saturated rings. The molecule has 0 radical (unpaired) electrons. The first-order valence-electron chi connectivity index (χ1n) is 5.60. The summed E-state index contributed by atoms with van der Waals surface area (Å²) >= 11 is 0. The monoisotopic (exact) mass is 271 g/mol. The zero-order valence-electron chi connectivity index (χ0n) is 10.3. The summed E-state index contributed by atoms with van der Waals surface area (Å²) in [6, 6.07) is 4.48. The molecular formula is C12H12F3N3O. The number of hydrogen-bond donors (Lipinski definition) is 1. The lowest BCUT2D eigenvalue weighted by molar-refractivity contribution is -0.137. The highest BCUT2D eigenvalue weighted by molar-refractivity contribution is 5.53. The molecule has 0 spiro atoms. The Bertz CT molecular complexity index is 548. The highest BCUT2D eigenvalue weighted by atomic mass is 19.4. The van der Waals surface area contributed by atoms with Crippen LogP contribution in [-0.2, 0) is 6.18 Å². The van der Waals surface area contributed by atoms with E-state index in [0.717, 1.165) is 12.1 Å². The van der Waals surface area contributed by atoms with Crippen LogP contribution in [0.5, 0.6) is 0 Å². The largest absolute Gasteiger partial charge is 0.419 e. The molecule has 0 bridgehead atoms. The molecule has 0 aliphatic rings. The fourth-order valence-electron chi connectivity index (χ4n) is 1.45. The number of nitrogens with zero attached hydrogens (tertiary/aromatic N) is 2. The van der Waals surface area contributed by atoms with Crippen molar-refractivity contribution in [2.24, 2.45) is 0 Å². The van der Waals surface area contributed by atoms with Gasteiger partial charge in [-0.15, -0.1) is 10.2 Å². The van der Waals surface area contributed by atoms with Gasteiger partial charge in [-0.2, -0.15) is 13.2 Å². The lowest BCUT2D eigenvalue weighted by Gasteiger charge is -2.06. The summed E-state index contributed by atoms with van der Waals surface area (Å²) < 4.78 is 42.6. The van der Waals surface area contributed by atoms with E-state index in [2.05, 4.69) is 15.5 Å². The third-order valence-corrected chi connectivity index (χ3v) is 2.70. The summed E-state index contributed by atoms with van der Waals surface area (Å²) in [6.45, 7) is 1.84. The number of nitrogens with one attached hydrogen (secondary N) is 1. The molecule has 19 heavy (non-hydrogen) atoms. The van der Waals surface area contributed by atoms with E-state index in [-0.39, 0.29) is 11.9 Å². The van der Waals surface area contributed by atoms with Crippen LogP contribution in [0.3, 0.4) is 0 Å². The molecule has 0 amide bonds. The Morgan fingerprint density at radius 3 is 2.32 bits per heavy atom. The van der Waals surface area contributed by atoms with Crippen LogP contribution in [0.1, 0.15) is 24.4 Å². The van der Waals surface area contributed by atoms with E-state index < -0.39 is 11.7 Å². The minimum Gasteiger partial charge on any atom is -0.419 e. The molecule has 2 aromatic rings. The molecule has 1 atom stereocenters. The molecule has 4 nitrogen and oxygen atoms in total. The first-order chi connectivity index (χ1) is 8.91. The zero-order chi connectivity index (χ0) is 14.0. The van der Waals surface area contributed by atoms with E-state index in [4.69, 9.17) is 4.42 Å². The normalized spacial score (nSPS) is 13.5. The van der Waals surface area contributed by atoms with Gasteiger partial charge in [0.1, 0.15) is 0 Å². The van der Waals surface area contributed by atoms with E-state index in [1.165, 1.54) is 12.1 Å². The number of benzene rings is 1. The quantitative estimate of drug-likeness (QED) is 0.932. The predicted octanol–water partition coefficient (Wildman–Crippen LogP) is 3.04. The summed E-state index contributed by atoms with van der Waals surface area (Å²) in [5, 5.41) is 10.6. The average Bonchev–Trinajstić information content (AvgIpc) is 2.86. The minimum absolute atomic E-state index is 0.115. The maximum atomic E-state index is 12.4. The van der Waals surface area contributed by atoms with Crippen LogP contribution in [0.2, 0.25) is 0 Å². The molecule has 1 N–H and O–H groups in total. The van der Waals surface area contributed by atoms with Crippen molar-refractivity contribution in [3.05, 3.63) is 35.7 Å². The number of aromatic nitrogens is 2. The molecule has 102 valence electrons. The van der Waals surface area contributed by atoms with Gasteiger partial charge < -0.3 is 9.73 Å². The predicted molar refractivity (Wildman–Crippen MR) is 62.2 cm³/mol. The van der Waals surface area contributed by atoms with Gasteiger partial charge in [-0.25, -0.2) is 0 Å². The van der Waals surface area contributed by atoms with Gasteiger partial charge in [0.2, 0.25) is 11.8 Å². The van der Waals surface area contributed by atoms with Crippen molar-refractivity contribution in [3.8, 4) is 11.5 Å². The Balaban J connectivity index is 2.25. The van der Waals surface area contributed by atoms with Gasteiger partial charge in [0, 0.05) is 5.56 Å². The third kappa shape index (κ3) is 2.93. The highest BCUT2D eigenvalue weighted by Crippen LogP contribution is 2.30. The molecule has 2 rings (SSSR count). The second kappa shape index (κ2) is 5.00. The Hall–Kier alpha value is -1.89. The van der Waals surface area contributed by atoms with E-state index in [1.807, 2.05) is 6.92 Å². The van der Waals surface area contributed by atoms with Crippen LogP contribution < -0.4 is 5.32 Å². The van der Waals surface area contributed by atoms with Crippen molar-refractivity contribution in [1.82, 2.24) is 15.5 Å². The number of alkyl halides is 3. The van der Waals surface area contributed by atoms with Crippen molar-refractivity contribution < 1.29 is 17.6 Å². The van der Waals surface area contributed by atoms with E-state index in [0.29, 0.717) is 11.5 Å². The Labute approximate surface area is 107 Å². The van der Waals surface area contributed by atoms with Crippen LogP contribution in [0.4, 0.5) is 13.2 Å². The molecule has 1 heterocycles. The van der Waals surface area contributed by atoms with Gasteiger partial charge in [-0.3, -0.25) is 0 Å². The molecule has 0 aliphatic carbocycles. The standard InChI is InChI=1S/C12H12F3N3O/c1-7(16-2)10-17-18-11(19-10)8-3-5-9(6-4-8)12(13,14)15/h3-7,16H,1-2H3. The topological polar surface area (TPSA) is 51.0 Å². The molecule has 0 saturated heterocycles. The Morgan fingerprint density at radius 1 is 1.16 bits per heavy atom. The summed E-state index contributed by atoms with van der Waals surface area (Å²) in [5.41, 5.74) is -0.255. The van der Waals surface area contributed by atoms with Crippen molar-refractivity contribution in [2.75, 3.05) is 7.05 Å². The Kier molecular flexibility index (Phi) is 3.57.